The maximum absolute atomic E-state index is 12.0. The van der Waals surface area contributed by atoms with E-state index in [0.29, 0.717) is 65.2 Å². The molecule has 0 spiro atoms. The number of hydrogen-bond acceptors (Lipinski definition) is 18. The fourth-order valence-corrected chi connectivity index (χ4v) is 17.7. The average Bonchev–Trinajstić information content (AvgIpc) is 1.02. The number of aromatic nitrogens is 17. The van der Waals surface area contributed by atoms with Crippen molar-refractivity contribution in [2.24, 2.45) is 33.9 Å². The molecule has 0 aliphatic carbocycles. The molecule has 14 aromatic rings. The van der Waals surface area contributed by atoms with E-state index in [9.17, 15) is 19.2 Å². The minimum absolute atomic E-state index is 0. The minimum Gasteiger partial charge on any atom is -1.00 e. The molecule has 8 atom stereocenters. The van der Waals surface area contributed by atoms with E-state index in [2.05, 4.69) is 286 Å². The number of imidazole rings is 5. The second-order valence-electron chi connectivity index (χ2n) is 36.7. The molecule has 13 heterocycles. The molecule has 148 heavy (non-hydrogen) atoms. The van der Waals surface area contributed by atoms with Crippen LogP contribution < -0.4 is 66.3 Å². The molecule has 8 unspecified atom stereocenters. The molecule has 15 rings (SSSR count). The van der Waals surface area contributed by atoms with Gasteiger partial charge in [0.15, 0.2) is 48.1 Å². The predicted octanol–water partition coefficient (Wildman–Crippen LogP) is 21.8. The maximum atomic E-state index is 12.0. The standard InChI is InChI=1S/C34H42N3O4.C29H39N2.C16H20N2.C9H17N3.2C8H10N4.C6H11BrO2.C6H7N.CO2.HI.K.Os.H2.H/c1-3-27(29-10-6-4-7-11-29)25-31(30-15-19-35-20-16-30)24-26(2)28-17-22-36(23-18-28)21-9-5-8-12-34(40)41-37-32(38)13-14-33(37)39;1-4-6-10-19-31-20-15-26(16-21-31)24(3)22-29(28-13-17-30-18-14-28)23-25(5-2)27-11-8-7-9-12-27;1-3-14(16-6-10-18-11-7-16)12-13(2)15-4-8-17-9-5-15;10-5-3-1-2-4-7-12-8-6-11-9-12;2*1-11-5-3-9-7(11)8-10-4-6-12(8)2;7-5-3-1-2-4-6(8)9;1-6-4-2-3-5-7-6;2-1-3;;;;;/h4,6-7,10-11,15-20,22-23,26-27,31H,3,5,8-9,12-14,21,24-25H2,1-2H3;7-9,11-18,20-21,24-25,29H,4-6,10,19,22-23H2,1-3H3;4-11,13-14H,3,12H2,1-2H3;6,8-9H,1-5,7,10H2;2*3-6H,1-2H3;1-5H2,(H,8,9);2-5H,1H3;;1H;;;1H;/q2*+1;;;;;;;;;+1;;;-1. The molecule has 12 aromatic heterocycles. The number of pyridine rings is 7. The summed E-state index contributed by atoms with van der Waals surface area (Å²) >= 11 is 3.27. The number of unbranched alkanes of at least 4 members (excludes halogenated alkanes) is 9. The van der Waals surface area contributed by atoms with Crippen LogP contribution in [0.2, 0.25) is 0 Å². The molecule has 0 saturated carbocycles. The number of hydrogen-bond donors (Lipinski definition) is 2. The molecule has 1 fully saturated rings. The molecular weight excluding hydrogens is 2240 g/mol. The van der Waals surface area contributed by atoms with Crippen molar-refractivity contribution in [3.8, 4) is 23.3 Å². The van der Waals surface area contributed by atoms with Crippen molar-refractivity contribution in [3.63, 3.8) is 0 Å². The maximum Gasteiger partial charge on any atom is 1.00 e. The van der Waals surface area contributed by atoms with Crippen LogP contribution in [0.4, 0.5) is 0 Å². The van der Waals surface area contributed by atoms with Crippen LogP contribution >= 0.6 is 39.9 Å². The van der Waals surface area contributed by atoms with Crippen molar-refractivity contribution in [2.45, 2.75) is 283 Å². The van der Waals surface area contributed by atoms with E-state index in [1.807, 2.05) is 165 Å². The second-order valence-corrected chi connectivity index (χ2v) is 37.5. The van der Waals surface area contributed by atoms with Crippen LogP contribution in [0, 0.1) is 6.92 Å². The average molecular weight is 2400 g/mol. The zero-order valence-corrected chi connectivity index (χ0v) is 98.8. The Kier molecular flexibility index (Phi) is 68.1. The van der Waals surface area contributed by atoms with Crippen LogP contribution in [-0.4, -0.2) is 125 Å². The summed E-state index contributed by atoms with van der Waals surface area (Å²) in [6, 6.07) is 54.1. The second kappa shape index (κ2) is 77.7. The Bertz CT molecular complexity index is 5650. The number of halogens is 2. The summed E-state index contributed by atoms with van der Waals surface area (Å²) in [5.41, 5.74) is 17.7. The number of nitrogens with two attached hydrogens (primary N) is 1. The third kappa shape index (κ3) is 49.9. The van der Waals surface area contributed by atoms with Crippen molar-refractivity contribution in [3.05, 3.63) is 351 Å². The first-order valence-corrected chi connectivity index (χ1v) is 52.6. The zero-order valence-electron chi connectivity index (χ0n) is 90.2. The normalized spacial score (nSPS) is 12.6. The van der Waals surface area contributed by atoms with Gasteiger partial charge in [-0.3, -0.25) is 39.3 Å². The van der Waals surface area contributed by atoms with Gasteiger partial charge in [0, 0.05) is 248 Å². The van der Waals surface area contributed by atoms with E-state index >= 15 is 0 Å². The zero-order chi connectivity index (χ0) is 104. The van der Waals surface area contributed by atoms with Gasteiger partial charge in [0.2, 0.25) is 0 Å². The largest absolute Gasteiger partial charge is 1.00 e. The molecule has 1 aliphatic heterocycles. The summed E-state index contributed by atoms with van der Waals surface area (Å²) < 4.78 is 14.4. The fraction of sp³-hybridized carbons (Fsp3) is 0.427. The monoisotopic (exact) mass is 2400 g/mol. The summed E-state index contributed by atoms with van der Waals surface area (Å²) in [6.07, 6.45) is 70.4. The number of aliphatic carboxylic acids is 1. The Morgan fingerprint density at radius 1 is 0.426 bits per heavy atom. The molecule has 2 amide bonds. The van der Waals surface area contributed by atoms with Gasteiger partial charge < -0.3 is 39.9 Å². The van der Waals surface area contributed by atoms with Gasteiger partial charge in [-0.1, -0.05) is 157 Å². The SMILES string of the molecule is CCC(CC(C)c1ccncc1)c1ccncc1.CCC(CC(CC(C)c1cc[n+](CCCCCC(=O)ON2C(=O)CCC2=O)cc1)c1ccncc1)c1ccccc1.CCCCC[n+]1ccc(C(C)CC(CC(CC)c2ccccc2)c2ccncc2)cc1.Cc1ccccn1.Cn1ccnc1-c1nccn1C.Cn1ccnc1-c1nccn1C.I.NCCCCCCn1ccnc1.O=C(O)CCCCCBr.O=C=O.[H-].[HH].[K+].[Os]. The smallest absolute Gasteiger partial charge is 1.00 e. The number of nitrogens with zero attached hydrogens (tertiary/aromatic N) is 18. The summed E-state index contributed by atoms with van der Waals surface area (Å²) in [5, 5.41) is 9.80. The van der Waals surface area contributed by atoms with Gasteiger partial charge >= 0.3 is 69.5 Å². The van der Waals surface area contributed by atoms with Gasteiger partial charge in [0.25, 0.3) is 11.8 Å². The van der Waals surface area contributed by atoms with Crippen LogP contribution in [0.5, 0.6) is 0 Å². The van der Waals surface area contributed by atoms with Crippen LogP contribution in [0.15, 0.2) is 301 Å². The Balaban J connectivity index is 0.000000614. The topological polar surface area (TPSA) is 322 Å². The number of carboxylic acid groups (broad SMARTS) is 1. The number of carboxylic acids is 1. The van der Waals surface area contributed by atoms with Crippen LogP contribution in [0.1, 0.15) is 309 Å². The number of hydroxylamine groups is 2. The number of alkyl halides is 1. The number of aryl methyl sites for hydroxylation is 8. The van der Waals surface area contributed by atoms with E-state index in [1.54, 1.807) is 31.0 Å². The molecule has 1 aliphatic rings. The van der Waals surface area contributed by atoms with Crippen molar-refractivity contribution in [2.75, 3.05) is 11.9 Å². The Labute approximate surface area is 962 Å². The molecule has 27 nitrogen and oxygen atoms in total. The quantitative estimate of drug-likeness (QED) is 0.00894. The Morgan fingerprint density at radius 2 is 0.777 bits per heavy atom. The van der Waals surface area contributed by atoms with Crippen LogP contribution in [-0.2, 0) is 101 Å². The van der Waals surface area contributed by atoms with Crippen LogP contribution in [0.25, 0.3) is 23.3 Å². The molecule has 0 bridgehead atoms. The number of carbonyl (C=O) groups excluding carboxylic acids is 5. The molecule has 3 N–H and O–H groups in total. The minimum atomic E-state index is -0.690. The van der Waals surface area contributed by atoms with Crippen molar-refractivity contribution < 1.29 is 122 Å². The van der Waals surface area contributed by atoms with Gasteiger partial charge in [-0.25, -0.2) is 38.8 Å². The first-order valence-electron chi connectivity index (χ1n) is 51.5. The number of benzene rings is 2. The van der Waals surface area contributed by atoms with Crippen molar-refractivity contribution in [1.82, 2.24) is 77.7 Å². The Hall–Kier alpha value is -10.6. The predicted molar refractivity (Wildman–Crippen MR) is 594 cm³/mol. The van der Waals surface area contributed by atoms with E-state index in [0.717, 1.165) is 125 Å². The van der Waals surface area contributed by atoms with Gasteiger partial charge in [-0.05, 0) is 262 Å². The van der Waals surface area contributed by atoms with Crippen molar-refractivity contribution >= 4 is 69.8 Å². The van der Waals surface area contributed by atoms with Crippen molar-refractivity contribution in [1.29, 1.82) is 0 Å². The summed E-state index contributed by atoms with van der Waals surface area (Å²) in [7, 11) is 7.82. The summed E-state index contributed by atoms with van der Waals surface area (Å²) in [5.74, 6) is 5.65. The van der Waals surface area contributed by atoms with Gasteiger partial charge in [-0.15, -0.1) is 29.0 Å². The summed E-state index contributed by atoms with van der Waals surface area (Å²) in [6.45, 7) is 22.0. The van der Waals surface area contributed by atoms with Gasteiger partial charge in [0.05, 0.1) is 6.33 Å². The summed E-state index contributed by atoms with van der Waals surface area (Å²) in [4.78, 5) is 108. The van der Waals surface area contributed by atoms with Crippen LogP contribution in [0.3, 0.4) is 0 Å². The number of carbonyl (C=O) groups is 4. The molecule has 0 radical (unpaired) electrons. The molecule has 2 aromatic carbocycles. The first-order chi connectivity index (χ1) is 70.5. The molecule has 31 heteroatoms. The third-order valence-corrected chi connectivity index (χ3v) is 26.4. The third-order valence-electron chi connectivity index (χ3n) is 25.8. The van der Waals surface area contributed by atoms with Gasteiger partial charge in [-0.2, -0.15) is 9.59 Å². The molecule has 1 saturated heterocycles. The van der Waals surface area contributed by atoms with E-state index in [1.165, 1.54) is 109 Å². The molecule has 792 valence electrons. The number of imide groups is 1. The van der Waals surface area contributed by atoms with E-state index < -0.39 is 23.8 Å². The van der Waals surface area contributed by atoms with E-state index in [-0.39, 0.29) is 123 Å². The fourth-order valence-electron chi connectivity index (χ4n) is 17.3. The molecular formula is C117H160BrIKN19O8Os+2. The number of amides is 2. The van der Waals surface area contributed by atoms with E-state index in [4.69, 9.17) is 25.3 Å². The van der Waals surface area contributed by atoms with Gasteiger partial charge in [0.1, 0.15) is 13.1 Å². The Morgan fingerprint density at radius 3 is 1.12 bits per heavy atom. The number of rotatable bonds is 45. The first kappa shape index (κ1) is 130.